The molecule has 0 spiro atoms. The summed E-state index contributed by atoms with van der Waals surface area (Å²) in [5.74, 6) is 0.0295. The van der Waals surface area contributed by atoms with Crippen LogP contribution in [-0.2, 0) is 16.1 Å². The van der Waals surface area contributed by atoms with Gasteiger partial charge in [-0.05, 0) is 31.0 Å². The highest BCUT2D eigenvalue weighted by Crippen LogP contribution is 2.32. The van der Waals surface area contributed by atoms with Crippen LogP contribution >= 0.6 is 0 Å². The van der Waals surface area contributed by atoms with Crippen molar-refractivity contribution in [1.29, 1.82) is 0 Å². The summed E-state index contributed by atoms with van der Waals surface area (Å²) in [4.78, 5) is 11.4. The smallest absolute Gasteiger partial charge is 0.333 e. The summed E-state index contributed by atoms with van der Waals surface area (Å²) >= 11 is 0. The van der Waals surface area contributed by atoms with Crippen LogP contribution in [0.25, 0.3) is 0 Å². The number of hydrogen-bond donors (Lipinski definition) is 1. The first-order chi connectivity index (χ1) is 9.58. The zero-order chi connectivity index (χ0) is 14.5. The lowest BCUT2D eigenvalue weighted by atomic mass is 9.91. The lowest BCUT2D eigenvalue weighted by Gasteiger charge is -2.16. The highest BCUT2D eigenvalue weighted by atomic mass is 16.5. The number of benzene rings is 1. The summed E-state index contributed by atoms with van der Waals surface area (Å²) in [6.45, 7) is 5.34. The van der Waals surface area contributed by atoms with E-state index in [9.17, 15) is 9.90 Å². The van der Waals surface area contributed by atoms with Crippen LogP contribution in [0.15, 0.2) is 54.7 Å². The molecule has 0 aliphatic heterocycles. The minimum absolute atomic E-state index is 0.164. The fraction of sp³-hybridized carbons (Fsp3) is 0.235. The number of esters is 1. The van der Waals surface area contributed by atoms with Crippen LogP contribution in [0.1, 0.15) is 30.4 Å². The molecule has 1 unspecified atom stereocenters. The Hall–Kier alpha value is -2.29. The number of phenols is 1. The van der Waals surface area contributed by atoms with Crippen molar-refractivity contribution in [2.75, 3.05) is 0 Å². The maximum atomic E-state index is 11.4. The Morgan fingerprint density at radius 2 is 2.25 bits per heavy atom. The van der Waals surface area contributed by atoms with Crippen LogP contribution in [-0.4, -0.2) is 11.1 Å². The molecule has 1 aromatic rings. The Balaban J connectivity index is 2.12. The third-order valence-corrected chi connectivity index (χ3v) is 3.19. The second-order valence-corrected chi connectivity index (χ2v) is 4.90. The van der Waals surface area contributed by atoms with Crippen molar-refractivity contribution in [3.05, 3.63) is 65.8 Å². The van der Waals surface area contributed by atoms with Crippen LogP contribution in [0.5, 0.6) is 5.75 Å². The van der Waals surface area contributed by atoms with E-state index in [1.807, 2.05) is 18.2 Å². The normalized spacial score (nSPS) is 16.9. The molecule has 1 aliphatic rings. The van der Waals surface area contributed by atoms with E-state index in [1.165, 1.54) is 0 Å². The monoisotopic (exact) mass is 270 g/mol. The minimum atomic E-state index is -0.403. The molecule has 3 heteroatoms. The lowest BCUT2D eigenvalue weighted by molar-refractivity contribution is -0.140. The van der Waals surface area contributed by atoms with Gasteiger partial charge in [0.25, 0.3) is 0 Å². The van der Waals surface area contributed by atoms with Crippen molar-refractivity contribution in [3.63, 3.8) is 0 Å². The van der Waals surface area contributed by atoms with E-state index in [1.54, 1.807) is 19.1 Å². The second kappa shape index (κ2) is 6.24. The van der Waals surface area contributed by atoms with Gasteiger partial charge in [-0.1, -0.05) is 36.9 Å². The fourth-order valence-corrected chi connectivity index (χ4v) is 2.07. The molecule has 0 fully saturated rings. The standard InChI is InChI=1S/C17H18O3/c1-12(2)17(19)20-11-13-8-9-16(18)15(10-13)14-6-4-3-5-7-14/h3-6,8-10,14,18H,1,7,11H2,2H3. The van der Waals surface area contributed by atoms with E-state index in [0.29, 0.717) is 5.57 Å². The molecule has 0 saturated heterocycles. The quantitative estimate of drug-likeness (QED) is 0.671. The molecule has 3 nitrogen and oxygen atoms in total. The molecule has 0 heterocycles. The summed E-state index contributed by atoms with van der Waals surface area (Å²) in [5, 5.41) is 9.97. The molecule has 1 N–H and O–H groups in total. The third-order valence-electron chi connectivity index (χ3n) is 3.19. The zero-order valence-electron chi connectivity index (χ0n) is 11.5. The van der Waals surface area contributed by atoms with Gasteiger partial charge >= 0.3 is 5.97 Å². The van der Waals surface area contributed by atoms with Crippen LogP contribution < -0.4 is 0 Å². The number of carbonyl (C=O) groups is 1. The first-order valence-electron chi connectivity index (χ1n) is 6.55. The van der Waals surface area contributed by atoms with Crippen molar-refractivity contribution in [1.82, 2.24) is 0 Å². The lowest BCUT2D eigenvalue weighted by Crippen LogP contribution is -2.05. The fourth-order valence-electron chi connectivity index (χ4n) is 2.07. The average molecular weight is 270 g/mol. The molecule has 1 aromatic carbocycles. The van der Waals surface area contributed by atoms with Gasteiger partial charge in [-0.2, -0.15) is 0 Å². The zero-order valence-corrected chi connectivity index (χ0v) is 11.5. The average Bonchev–Trinajstić information content (AvgIpc) is 2.46. The molecule has 104 valence electrons. The number of ether oxygens (including phenoxy) is 1. The second-order valence-electron chi connectivity index (χ2n) is 4.90. The molecule has 0 saturated carbocycles. The van der Waals surface area contributed by atoms with Crippen molar-refractivity contribution >= 4 is 5.97 Å². The van der Waals surface area contributed by atoms with Gasteiger partial charge in [0.05, 0.1) is 0 Å². The summed E-state index contributed by atoms with van der Waals surface area (Å²) in [7, 11) is 0. The maximum Gasteiger partial charge on any atom is 0.333 e. The van der Waals surface area contributed by atoms with Crippen LogP contribution in [0.2, 0.25) is 0 Å². The van der Waals surface area contributed by atoms with E-state index >= 15 is 0 Å². The van der Waals surface area contributed by atoms with E-state index in [0.717, 1.165) is 17.5 Å². The Morgan fingerprint density at radius 1 is 1.45 bits per heavy atom. The topological polar surface area (TPSA) is 46.5 Å². The van der Waals surface area contributed by atoms with Crippen LogP contribution in [0.3, 0.4) is 0 Å². The van der Waals surface area contributed by atoms with Gasteiger partial charge < -0.3 is 9.84 Å². The molecule has 0 aromatic heterocycles. The molecule has 0 radical (unpaired) electrons. The number of hydrogen-bond acceptors (Lipinski definition) is 3. The number of phenolic OH excluding ortho intramolecular Hbond substituents is 1. The number of carbonyl (C=O) groups excluding carboxylic acids is 1. The third kappa shape index (κ3) is 3.38. The van der Waals surface area contributed by atoms with Crippen molar-refractivity contribution in [2.45, 2.75) is 25.9 Å². The molecular weight excluding hydrogens is 252 g/mol. The van der Waals surface area contributed by atoms with Gasteiger partial charge in [-0.15, -0.1) is 0 Å². The Kier molecular flexibility index (Phi) is 4.41. The predicted octanol–water partition coefficient (Wildman–Crippen LogP) is 3.61. The van der Waals surface area contributed by atoms with Gasteiger partial charge in [0.2, 0.25) is 0 Å². The van der Waals surface area contributed by atoms with Crippen molar-refractivity contribution in [2.24, 2.45) is 0 Å². The molecule has 0 amide bonds. The van der Waals surface area contributed by atoms with E-state index in [-0.39, 0.29) is 18.3 Å². The van der Waals surface area contributed by atoms with Crippen LogP contribution in [0, 0.1) is 0 Å². The number of aromatic hydroxyl groups is 1. The number of rotatable bonds is 4. The highest BCUT2D eigenvalue weighted by Gasteiger charge is 2.14. The van der Waals surface area contributed by atoms with Crippen molar-refractivity contribution in [3.8, 4) is 5.75 Å². The predicted molar refractivity (Wildman–Crippen MR) is 78.4 cm³/mol. The summed E-state index contributed by atoms with van der Waals surface area (Å²) in [6.07, 6.45) is 8.95. The maximum absolute atomic E-state index is 11.4. The van der Waals surface area contributed by atoms with E-state index in [2.05, 4.69) is 18.7 Å². The molecular formula is C17H18O3. The van der Waals surface area contributed by atoms with E-state index in [4.69, 9.17) is 4.74 Å². The summed E-state index contributed by atoms with van der Waals surface area (Å²) < 4.78 is 5.12. The van der Waals surface area contributed by atoms with Gasteiger partial charge in [0, 0.05) is 17.1 Å². The Labute approximate surface area is 118 Å². The largest absolute Gasteiger partial charge is 0.508 e. The number of allylic oxidation sites excluding steroid dienone is 4. The van der Waals surface area contributed by atoms with Gasteiger partial charge in [0.1, 0.15) is 12.4 Å². The molecule has 0 bridgehead atoms. The molecule has 1 aliphatic carbocycles. The minimum Gasteiger partial charge on any atom is -0.508 e. The van der Waals surface area contributed by atoms with Gasteiger partial charge in [0.15, 0.2) is 0 Å². The molecule has 1 atom stereocenters. The Bertz CT molecular complexity index is 582. The van der Waals surface area contributed by atoms with Crippen LogP contribution in [0.4, 0.5) is 0 Å². The van der Waals surface area contributed by atoms with E-state index < -0.39 is 5.97 Å². The first-order valence-corrected chi connectivity index (χ1v) is 6.55. The SMILES string of the molecule is C=C(C)C(=O)OCc1ccc(O)c(C2C=CC=CC2)c1. The highest BCUT2D eigenvalue weighted by molar-refractivity contribution is 5.86. The molecule has 2 rings (SSSR count). The Morgan fingerprint density at radius 3 is 2.90 bits per heavy atom. The molecule has 20 heavy (non-hydrogen) atoms. The first kappa shape index (κ1) is 14.1. The summed E-state index contributed by atoms with van der Waals surface area (Å²) in [6, 6.07) is 5.29. The van der Waals surface area contributed by atoms with Gasteiger partial charge in [-0.25, -0.2) is 4.79 Å². The van der Waals surface area contributed by atoms with Gasteiger partial charge in [-0.3, -0.25) is 0 Å². The van der Waals surface area contributed by atoms with Crippen molar-refractivity contribution < 1.29 is 14.6 Å². The summed E-state index contributed by atoms with van der Waals surface area (Å²) in [5.41, 5.74) is 2.09.